The van der Waals surface area contributed by atoms with E-state index in [0.29, 0.717) is 10.6 Å². The van der Waals surface area contributed by atoms with Gasteiger partial charge in [-0.25, -0.2) is 0 Å². The van der Waals surface area contributed by atoms with E-state index in [4.69, 9.17) is 16.9 Å². The first-order valence-corrected chi connectivity index (χ1v) is 6.57. The van der Waals surface area contributed by atoms with Gasteiger partial charge in [0.2, 0.25) is 0 Å². The molecule has 0 amide bonds. The molecule has 0 saturated heterocycles. The highest BCUT2D eigenvalue weighted by molar-refractivity contribution is 6.32. The van der Waals surface area contributed by atoms with Crippen molar-refractivity contribution >= 4 is 17.3 Å². The van der Waals surface area contributed by atoms with Gasteiger partial charge in [-0.15, -0.1) is 0 Å². The molecule has 0 heterocycles. The molecule has 0 saturated carbocycles. The van der Waals surface area contributed by atoms with Crippen molar-refractivity contribution in [2.45, 2.75) is 19.4 Å². The molecule has 19 heavy (non-hydrogen) atoms. The average Bonchev–Trinajstić information content (AvgIpc) is 2.40. The summed E-state index contributed by atoms with van der Waals surface area (Å²) in [7, 11) is 0. The molecule has 0 spiro atoms. The minimum atomic E-state index is 0.230. The third-order valence-corrected chi connectivity index (χ3v) is 3.23. The van der Waals surface area contributed by atoms with Crippen molar-refractivity contribution in [1.29, 1.82) is 5.26 Å². The summed E-state index contributed by atoms with van der Waals surface area (Å²) in [5.41, 5.74) is 2.56. The highest BCUT2D eigenvalue weighted by Gasteiger charge is 2.09. The van der Waals surface area contributed by atoms with E-state index in [1.165, 1.54) is 5.56 Å². The Morgan fingerprint density at radius 1 is 1.16 bits per heavy atom. The molecular weight excluding hydrogens is 256 g/mol. The molecule has 0 aliphatic carbocycles. The lowest BCUT2D eigenvalue weighted by molar-refractivity contribution is 0.790. The summed E-state index contributed by atoms with van der Waals surface area (Å²) < 4.78 is 0. The molecule has 2 aromatic carbocycles. The van der Waals surface area contributed by atoms with Crippen LogP contribution in [0, 0.1) is 11.3 Å². The third kappa shape index (κ3) is 3.49. The predicted molar refractivity (Wildman–Crippen MR) is 79.4 cm³/mol. The predicted octanol–water partition coefficient (Wildman–Crippen LogP) is 4.25. The Morgan fingerprint density at radius 3 is 2.58 bits per heavy atom. The fraction of sp³-hybridized carbons (Fsp3) is 0.188. The molecule has 0 aliphatic rings. The van der Waals surface area contributed by atoms with E-state index >= 15 is 0 Å². The molecule has 0 aliphatic heterocycles. The van der Waals surface area contributed by atoms with Crippen molar-refractivity contribution in [1.82, 2.24) is 0 Å². The summed E-state index contributed by atoms with van der Waals surface area (Å²) >= 11 is 6.01. The highest BCUT2D eigenvalue weighted by atomic mass is 35.5. The van der Waals surface area contributed by atoms with Crippen LogP contribution < -0.4 is 5.32 Å². The number of hydrogen-bond donors (Lipinski definition) is 1. The summed E-state index contributed by atoms with van der Waals surface area (Å²) in [6, 6.07) is 18.1. The van der Waals surface area contributed by atoms with Gasteiger partial charge in [0, 0.05) is 6.04 Å². The van der Waals surface area contributed by atoms with E-state index < -0.39 is 0 Å². The normalized spacial score (nSPS) is 11.6. The number of anilines is 1. The van der Waals surface area contributed by atoms with E-state index in [1.807, 2.05) is 30.3 Å². The van der Waals surface area contributed by atoms with Crippen LogP contribution in [0.25, 0.3) is 0 Å². The monoisotopic (exact) mass is 270 g/mol. The van der Waals surface area contributed by atoms with Gasteiger partial charge in [0.25, 0.3) is 0 Å². The van der Waals surface area contributed by atoms with Crippen molar-refractivity contribution in [2.24, 2.45) is 0 Å². The van der Waals surface area contributed by atoms with E-state index in [0.717, 1.165) is 12.1 Å². The summed E-state index contributed by atoms with van der Waals surface area (Å²) in [6.07, 6.45) is 0.901. The fourth-order valence-corrected chi connectivity index (χ4v) is 2.26. The lowest BCUT2D eigenvalue weighted by atomic mass is 10.1. The smallest absolute Gasteiger partial charge is 0.103 e. The van der Waals surface area contributed by atoms with Gasteiger partial charge in [-0.2, -0.15) is 5.26 Å². The Bertz CT molecular complexity index is 587. The first kappa shape index (κ1) is 13.5. The summed E-state index contributed by atoms with van der Waals surface area (Å²) in [5.74, 6) is 0. The average molecular weight is 271 g/mol. The van der Waals surface area contributed by atoms with E-state index in [9.17, 15) is 0 Å². The maximum absolute atomic E-state index is 9.13. The summed E-state index contributed by atoms with van der Waals surface area (Å²) in [6.45, 7) is 2.09. The van der Waals surface area contributed by atoms with Gasteiger partial charge in [0.15, 0.2) is 0 Å². The molecular formula is C16H15ClN2. The maximum atomic E-state index is 9.13. The van der Waals surface area contributed by atoms with Gasteiger partial charge >= 0.3 is 0 Å². The first-order chi connectivity index (χ1) is 9.20. The Labute approximate surface area is 118 Å². The number of halogens is 1. The third-order valence-electron chi connectivity index (χ3n) is 2.91. The minimum Gasteiger partial charge on any atom is -0.381 e. The number of hydrogen-bond acceptors (Lipinski definition) is 2. The van der Waals surface area contributed by atoms with Gasteiger partial charge in [-0.1, -0.05) is 48.0 Å². The molecule has 3 heteroatoms. The SMILES string of the molecule is CC(Cc1ccccc1)Nc1cccc(Cl)c1C#N. The fourth-order valence-electron chi connectivity index (χ4n) is 2.04. The molecule has 1 unspecified atom stereocenters. The highest BCUT2D eigenvalue weighted by Crippen LogP contribution is 2.24. The van der Waals surface area contributed by atoms with Crippen LogP contribution in [-0.4, -0.2) is 6.04 Å². The van der Waals surface area contributed by atoms with Crippen molar-refractivity contribution in [2.75, 3.05) is 5.32 Å². The molecule has 0 bridgehead atoms. The Kier molecular flexibility index (Phi) is 4.43. The van der Waals surface area contributed by atoms with Gasteiger partial charge in [0.1, 0.15) is 6.07 Å². The van der Waals surface area contributed by atoms with Gasteiger partial charge in [-0.05, 0) is 31.0 Å². The standard InChI is InChI=1S/C16H15ClN2/c1-12(10-13-6-3-2-4-7-13)19-16-9-5-8-15(17)14(16)11-18/h2-9,12,19H,10H2,1H3. The quantitative estimate of drug-likeness (QED) is 0.901. The van der Waals surface area contributed by atoms with Gasteiger partial charge < -0.3 is 5.32 Å². The molecule has 2 rings (SSSR count). The first-order valence-electron chi connectivity index (χ1n) is 6.20. The zero-order valence-electron chi connectivity index (χ0n) is 10.7. The van der Waals surface area contributed by atoms with Crippen LogP contribution in [0.5, 0.6) is 0 Å². The molecule has 2 nitrogen and oxygen atoms in total. The van der Waals surface area contributed by atoms with Crippen LogP contribution in [-0.2, 0) is 6.42 Å². The molecule has 1 N–H and O–H groups in total. The Hall–Kier alpha value is -1.98. The number of nitriles is 1. The zero-order chi connectivity index (χ0) is 13.7. The van der Waals surface area contributed by atoms with Crippen LogP contribution in [0.15, 0.2) is 48.5 Å². The van der Waals surface area contributed by atoms with E-state index in [-0.39, 0.29) is 6.04 Å². The van der Waals surface area contributed by atoms with Crippen LogP contribution >= 0.6 is 11.6 Å². The minimum absolute atomic E-state index is 0.230. The lowest BCUT2D eigenvalue weighted by Gasteiger charge is -2.16. The number of nitrogens with one attached hydrogen (secondary N) is 1. The molecule has 0 fully saturated rings. The number of benzene rings is 2. The van der Waals surface area contributed by atoms with E-state index in [2.05, 4.69) is 30.4 Å². The van der Waals surface area contributed by atoms with E-state index in [1.54, 1.807) is 6.07 Å². The van der Waals surface area contributed by atoms with Crippen LogP contribution in [0.1, 0.15) is 18.1 Å². The van der Waals surface area contributed by atoms with Crippen molar-refractivity contribution < 1.29 is 0 Å². The molecule has 2 aromatic rings. The molecule has 96 valence electrons. The zero-order valence-corrected chi connectivity index (χ0v) is 11.5. The Morgan fingerprint density at radius 2 is 1.89 bits per heavy atom. The van der Waals surface area contributed by atoms with Crippen LogP contribution in [0.4, 0.5) is 5.69 Å². The number of nitrogens with zero attached hydrogens (tertiary/aromatic N) is 1. The maximum Gasteiger partial charge on any atom is 0.103 e. The summed E-state index contributed by atoms with van der Waals surface area (Å²) in [4.78, 5) is 0. The van der Waals surface area contributed by atoms with Crippen LogP contribution in [0.3, 0.4) is 0 Å². The second kappa shape index (κ2) is 6.26. The second-order valence-corrected chi connectivity index (χ2v) is 4.92. The molecule has 1 atom stereocenters. The van der Waals surface area contributed by atoms with Gasteiger partial charge in [-0.3, -0.25) is 0 Å². The number of rotatable bonds is 4. The Balaban J connectivity index is 2.10. The van der Waals surface area contributed by atoms with Crippen molar-refractivity contribution in [3.05, 3.63) is 64.7 Å². The van der Waals surface area contributed by atoms with Crippen molar-refractivity contribution in [3.63, 3.8) is 0 Å². The topological polar surface area (TPSA) is 35.8 Å². The second-order valence-electron chi connectivity index (χ2n) is 4.51. The van der Waals surface area contributed by atoms with Gasteiger partial charge in [0.05, 0.1) is 16.3 Å². The molecule has 0 aromatic heterocycles. The largest absolute Gasteiger partial charge is 0.381 e. The molecule has 0 radical (unpaired) electrons. The lowest BCUT2D eigenvalue weighted by Crippen LogP contribution is -2.18. The van der Waals surface area contributed by atoms with Crippen LogP contribution in [0.2, 0.25) is 5.02 Å². The van der Waals surface area contributed by atoms with Crippen molar-refractivity contribution in [3.8, 4) is 6.07 Å². The summed E-state index contributed by atoms with van der Waals surface area (Å²) in [5, 5.41) is 13.0.